The van der Waals surface area contributed by atoms with Crippen molar-refractivity contribution in [1.82, 2.24) is 5.32 Å². The van der Waals surface area contributed by atoms with Crippen LogP contribution in [0.5, 0.6) is 0 Å². The summed E-state index contributed by atoms with van der Waals surface area (Å²) in [6, 6.07) is 2.93. The molecule has 0 aliphatic heterocycles. The lowest BCUT2D eigenvalue weighted by Gasteiger charge is -2.25. The summed E-state index contributed by atoms with van der Waals surface area (Å²) in [5.74, 6) is -2.32. The van der Waals surface area contributed by atoms with Crippen LogP contribution in [0.3, 0.4) is 0 Å². The molecule has 19 heavy (non-hydrogen) atoms. The van der Waals surface area contributed by atoms with Crippen molar-refractivity contribution < 1.29 is 18.7 Å². The highest BCUT2D eigenvalue weighted by Crippen LogP contribution is 2.15. The van der Waals surface area contributed by atoms with Gasteiger partial charge in [-0.15, -0.1) is 0 Å². The molecule has 1 aromatic carbocycles. The average molecular weight is 271 g/mol. The quantitative estimate of drug-likeness (QED) is 0.864. The second-order valence-electron chi connectivity index (χ2n) is 5.41. The predicted octanol–water partition coefficient (Wildman–Crippen LogP) is 2.49. The molecule has 1 rings (SSSR count). The lowest BCUT2D eigenvalue weighted by atomic mass is 9.94. The standard InChI is InChI=1S/C14H19F2NO2/c1-9(2)7-14(3,19)8-17-13(18)10-4-5-11(15)12(16)6-10/h4-6,9,19H,7-8H2,1-3H3,(H,17,18). The SMILES string of the molecule is CC(C)CC(C)(O)CNC(=O)c1ccc(F)c(F)c1. The van der Waals surface area contributed by atoms with Gasteiger partial charge in [-0.3, -0.25) is 4.79 Å². The number of aliphatic hydroxyl groups is 1. The Morgan fingerprint density at radius 1 is 1.37 bits per heavy atom. The summed E-state index contributed by atoms with van der Waals surface area (Å²) >= 11 is 0. The van der Waals surface area contributed by atoms with Gasteiger partial charge < -0.3 is 10.4 Å². The van der Waals surface area contributed by atoms with E-state index in [2.05, 4.69) is 5.32 Å². The topological polar surface area (TPSA) is 49.3 Å². The second kappa shape index (κ2) is 6.10. The van der Waals surface area contributed by atoms with Gasteiger partial charge in [0.2, 0.25) is 0 Å². The van der Waals surface area contributed by atoms with Crippen LogP contribution in [0.2, 0.25) is 0 Å². The van der Waals surface area contributed by atoms with Crippen molar-refractivity contribution in [2.24, 2.45) is 5.92 Å². The first-order valence-corrected chi connectivity index (χ1v) is 6.17. The number of amides is 1. The van der Waals surface area contributed by atoms with Crippen molar-refractivity contribution in [1.29, 1.82) is 0 Å². The molecule has 0 heterocycles. The zero-order valence-electron chi connectivity index (χ0n) is 11.3. The maximum absolute atomic E-state index is 13.0. The minimum Gasteiger partial charge on any atom is -0.388 e. The van der Waals surface area contributed by atoms with Gasteiger partial charge in [-0.05, 0) is 37.5 Å². The molecule has 106 valence electrons. The first kappa shape index (κ1) is 15.6. The van der Waals surface area contributed by atoms with Gasteiger partial charge in [0.15, 0.2) is 11.6 Å². The van der Waals surface area contributed by atoms with Crippen molar-refractivity contribution in [2.45, 2.75) is 32.8 Å². The molecule has 0 saturated carbocycles. The number of hydrogen-bond acceptors (Lipinski definition) is 2. The molecule has 0 aliphatic rings. The van der Waals surface area contributed by atoms with E-state index in [1.165, 1.54) is 6.07 Å². The number of nitrogens with one attached hydrogen (secondary N) is 1. The summed E-state index contributed by atoms with van der Waals surface area (Å²) in [4.78, 5) is 11.7. The van der Waals surface area contributed by atoms with Gasteiger partial charge in [0.05, 0.1) is 5.60 Å². The molecule has 1 unspecified atom stereocenters. The fourth-order valence-electron chi connectivity index (χ4n) is 1.96. The van der Waals surface area contributed by atoms with E-state index in [0.717, 1.165) is 12.1 Å². The van der Waals surface area contributed by atoms with E-state index >= 15 is 0 Å². The van der Waals surface area contributed by atoms with E-state index in [1.54, 1.807) is 6.92 Å². The van der Waals surface area contributed by atoms with Gasteiger partial charge in [-0.2, -0.15) is 0 Å². The molecule has 0 aliphatic carbocycles. The van der Waals surface area contributed by atoms with Crippen LogP contribution < -0.4 is 5.32 Å². The molecule has 0 fully saturated rings. The van der Waals surface area contributed by atoms with Crippen molar-refractivity contribution in [3.05, 3.63) is 35.4 Å². The minimum atomic E-state index is -1.07. The molecule has 2 N–H and O–H groups in total. The Labute approximate surface area is 111 Å². The zero-order valence-corrected chi connectivity index (χ0v) is 11.3. The summed E-state index contributed by atoms with van der Waals surface area (Å²) < 4.78 is 25.7. The van der Waals surface area contributed by atoms with Gasteiger partial charge in [0.25, 0.3) is 5.91 Å². The van der Waals surface area contributed by atoms with Gasteiger partial charge in [0.1, 0.15) is 0 Å². The summed E-state index contributed by atoms with van der Waals surface area (Å²) in [6.45, 7) is 5.61. The van der Waals surface area contributed by atoms with E-state index in [9.17, 15) is 18.7 Å². The van der Waals surface area contributed by atoms with Gasteiger partial charge in [0, 0.05) is 12.1 Å². The van der Waals surface area contributed by atoms with Crippen LogP contribution in [-0.2, 0) is 0 Å². The normalized spacial score (nSPS) is 14.3. The molecular weight excluding hydrogens is 252 g/mol. The van der Waals surface area contributed by atoms with Crippen LogP contribution in [0.4, 0.5) is 8.78 Å². The molecule has 0 radical (unpaired) electrons. The molecule has 5 heteroatoms. The monoisotopic (exact) mass is 271 g/mol. The molecule has 0 aromatic heterocycles. The number of rotatable bonds is 5. The summed E-state index contributed by atoms with van der Waals surface area (Å²) in [5.41, 5.74) is -0.998. The maximum Gasteiger partial charge on any atom is 0.251 e. The fraction of sp³-hybridized carbons (Fsp3) is 0.500. The van der Waals surface area contributed by atoms with Crippen molar-refractivity contribution in [2.75, 3.05) is 6.54 Å². The highest BCUT2D eigenvalue weighted by molar-refractivity contribution is 5.94. The summed E-state index contributed by atoms with van der Waals surface area (Å²) in [5, 5.41) is 12.5. The number of benzene rings is 1. The fourth-order valence-corrected chi connectivity index (χ4v) is 1.96. The molecule has 3 nitrogen and oxygen atoms in total. The Hall–Kier alpha value is -1.49. The van der Waals surface area contributed by atoms with Gasteiger partial charge in [-0.25, -0.2) is 8.78 Å². The van der Waals surface area contributed by atoms with Crippen LogP contribution in [0.15, 0.2) is 18.2 Å². The lowest BCUT2D eigenvalue weighted by molar-refractivity contribution is 0.0368. The van der Waals surface area contributed by atoms with Crippen LogP contribution in [-0.4, -0.2) is 23.2 Å². The Balaban J connectivity index is 2.62. The average Bonchev–Trinajstić information content (AvgIpc) is 2.28. The molecule has 0 saturated heterocycles. The van der Waals surface area contributed by atoms with Crippen molar-refractivity contribution >= 4 is 5.91 Å². The maximum atomic E-state index is 13.0. The second-order valence-corrected chi connectivity index (χ2v) is 5.41. The van der Waals surface area contributed by atoms with Crippen LogP contribution in [0, 0.1) is 17.6 Å². The number of halogens is 2. The Kier molecular flexibility index (Phi) is 5.00. The highest BCUT2D eigenvalue weighted by Gasteiger charge is 2.23. The number of carbonyl (C=O) groups is 1. The largest absolute Gasteiger partial charge is 0.388 e. The summed E-state index contributed by atoms with van der Waals surface area (Å²) in [6.07, 6.45) is 0.533. The number of hydrogen-bond donors (Lipinski definition) is 2. The third-order valence-electron chi connectivity index (χ3n) is 2.66. The van der Waals surface area contributed by atoms with E-state index < -0.39 is 23.1 Å². The Bertz CT molecular complexity index is 459. The molecule has 0 spiro atoms. The van der Waals surface area contributed by atoms with Crippen molar-refractivity contribution in [3.8, 4) is 0 Å². The molecule has 1 amide bonds. The molecular formula is C14H19F2NO2. The molecule has 0 bridgehead atoms. The van der Waals surface area contributed by atoms with Gasteiger partial charge >= 0.3 is 0 Å². The third kappa shape index (κ3) is 4.95. The zero-order chi connectivity index (χ0) is 14.6. The highest BCUT2D eigenvalue weighted by atomic mass is 19.2. The first-order chi connectivity index (χ1) is 8.71. The van der Waals surface area contributed by atoms with E-state index in [0.29, 0.717) is 6.42 Å². The van der Waals surface area contributed by atoms with E-state index in [-0.39, 0.29) is 18.0 Å². The summed E-state index contributed by atoms with van der Waals surface area (Å²) in [7, 11) is 0. The lowest BCUT2D eigenvalue weighted by Crippen LogP contribution is -2.41. The van der Waals surface area contributed by atoms with Gasteiger partial charge in [-0.1, -0.05) is 13.8 Å². The Morgan fingerprint density at radius 3 is 2.53 bits per heavy atom. The minimum absolute atomic E-state index is 0.0271. The molecule has 1 atom stereocenters. The predicted molar refractivity (Wildman–Crippen MR) is 68.8 cm³/mol. The first-order valence-electron chi connectivity index (χ1n) is 6.17. The van der Waals surface area contributed by atoms with Crippen molar-refractivity contribution in [3.63, 3.8) is 0 Å². The smallest absolute Gasteiger partial charge is 0.251 e. The third-order valence-corrected chi connectivity index (χ3v) is 2.66. The van der Waals surface area contributed by atoms with E-state index in [4.69, 9.17) is 0 Å². The van der Waals surface area contributed by atoms with Crippen LogP contribution >= 0.6 is 0 Å². The molecule has 1 aromatic rings. The Morgan fingerprint density at radius 2 is 2.00 bits per heavy atom. The number of carbonyl (C=O) groups excluding carboxylic acids is 1. The van der Waals surface area contributed by atoms with E-state index in [1.807, 2.05) is 13.8 Å². The van der Waals surface area contributed by atoms with Crippen LogP contribution in [0.25, 0.3) is 0 Å². The van der Waals surface area contributed by atoms with Crippen LogP contribution in [0.1, 0.15) is 37.6 Å².